The zero-order chi connectivity index (χ0) is 11.8. The van der Waals surface area contributed by atoms with Gasteiger partial charge in [0.2, 0.25) is 0 Å². The second-order valence-corrected chi connectivity index (χ2v) is 4.14. The smallest absolute Gasteiger partial charge is 0.145 e. The first-order valence-electron chi connectivity index (χ1n) is 4.97. The second kappa shape index (κ2) is 3.61. The molecule has 0 saturated heterocycles. The lowest BCUT2D eigenvalue weighted by atomic mass is 10.0. The van der Waals surface area contributed by atoms with E-state index < -0.39 is 5.60 Å². The lowest BCUT2D eigenvalue weighted by molar-refractivity contribution is 0.0738. The van der Waals surface area contributed by atoms with Crippen LogP contribution in [-0.2, 0) is 5.60 Å². The highest BCUT2D eigenvalue weighted by Crippen LogP contribution is 2.19. The highest BCUT2D eigenvalue weighted by Gasteiger charge is 2.18. The van der Waals surface area contributed by atoms with Crippen LogP contribution < -0.4 is 5.73 Å². The van der Waals surface area contributed by atoms with Gasteiger partial charge in [0.15, 0.2) is 0 Å². The molecule has 0 unspecified atom stereocenters. The average Bonchev–Trinajstić information content (AvgIpc) is 2.64. The summed E-state index contributed by atoms with van der Waals surface area (Å²) in [5.41, 5.74) is 6.00. The molecule has 0 radical (unpaired) electrons. The molecule has 5 heteroatoms. The Morgan fingerprint density at radius 2 is 2.12 bits per heavy atom. The predicted octanol–water partition coefficient (Wildman–Crippen LogP) is 1.08. The zero-order valence-corrected chi connectivity index (χ0v) is 9.25. The van der Waals surface area contributed by atoms with Crippen molar-refractivity contribution in [2.24, 2.45) is 0 Å². The van der Waals surface area contributed by atoms with Crippen LogP contribution >= 0.6 is 0 Å². The van der Waals surface area contributed by atoms with Gasteiger partial charge in [0.1, 0.15) is 11.4 Å². The van der Waals surface area contributed by atoms with Crippen molar-refractivity contribution in [1.29, 1.82) is 0 Å². The zero-order valence-electron chi connectivity index (χ0n) is 9.25. The summed E-state index contributed by atoms with van der Waals surface area (Å²) < 4.78 is 1.65. The van der Waals surface area contributed by atoms with Crippen molar-refractivity contribution in [1.82, 2.24) is 14.8 Å². The minimum Gasteiger partial charge on any atom is -0.384 e. The first-order valence-corrected chi connectivity index (χ1v) is 4.97. The van der Waals surface area contributed by atoms with Crippen molar-refractivity contribution in [2.75, 3.05) is 5.73 Å². The Balaban J connectivity index is 2.44. The fourth-order valence-electron chi connectivity index (χ4n) is 1.38. The number of nitrogen functional groups attached to an aromatic ring is 1. The first-order chi connectivity index (χ1) is 7.47. The molecule has 0 spiro atoms. The minimum absolute atomic E-state index is 0.460. The molecule has 0 saturated carbocycles. The van der Waals surface area contributed by atoms with Crippen LogP contribution in [0, 0.1) is 0 Å². The maximum absolute atomic E-state index is 9.85. The predicted molar refractivity (Wildman–Crippen MR) is 61.0 cm³/mol. The van der Waals surface area contributed by atoms with E-state index in [-0.39, 0.29) is 0 Å². The van der Waals surface area contributed by atoms with Crippen molar-refractivity contribution in [3.8, 4) is 5.69 Å². The average molecular weight is 218 g/mol. The number of aromatic nitrogens is 3. The minimum atomic E-state index is -0.964. The maximum atomic E-state index is 9.85. The summed E-state index contributed by atoms with van der Waals surface area (Å²) in [6.45, 7) is 3.38. The fraction of sp³-hybridized carbons (Fsp3) is 0.273. The number of anilines is 1. The molecule has 2 heterocycles. The van der Waals surface area contributed by atoms with E-state index in [2.05, 4.69) is 10.1 Å². The van der Waals surface area contributed by atoms with Gasteiger partial charge >= 0.3 is 0 Å². The van der Waals surface area contributed by atoms with Crippen LogP contribution in [-0.4, -0.2) is 19.9 Å². The van der Waals surface area contributed by atoms with Gasteiger partial charge in [-0.25, -0.2) is 4.68 Å². The van der Waals surface area contributed by atoms with Gasteiger partial charge in [-0.05, 0) is 26.0 Å². The molecule has 2 rings (SSSR count). The molecule has 0 aliphatic heterocycles. The maximum Gasteiger partial charge on any atom is 0.145 e. The molecule has 2 aromatic rings. The molecule has 0 fully saturated rings. The van der Waals surface area contributed by atoms with Crippen LogP contribution in [0.3, 0.4) is 0 Å². The van der Waals surface area contributed by atoms with Crippen molar-refractivity contribution in [2.45, 2.75) is 19.4 Å². The summed E-state index contributed by atoms with van der Waals surface area (Å²) in [7, 11) is 0. The molecular weight excluding hydrogens is 204 g/mol. The molecule has 0 amide bonds. The number of nitrogens with zero attached hydrogens (tertiary/aromatic N) is 3. The quantitative estimate of drug-likeness (QED) is 0.790. The molecule has 0 atom stereocenters. The molecule has 3 N–H and O–H groups in total. The normalized spacial score (nSPS) is 11.7. The van der Waals surface area contributed by atoms with Crippen molar-refractivity contribution >= 4 is 5.82 Å². The van der Waals surface area contributed by atoms with Crippen LogP contribution in [0.15, 0.2) is 30.6 Å². The van der Waals surface area contributed by atoms with Gasteiger partial charge in [-0.3, -0.25) is 4.98 Å². The van der Waals surface area contributed by atoms with Gasteiger partial charge < -0.3 is 10.8 Å². The van der Waals surface area contributed by atoms with E-state index in [9.17, 15) is 5.11 Å². The summed E-state index contributed by atoms with van der Waals surface area (Å²) in [5, 5.41) is 13.9. The van der Waals surface area contributed by atoms with E-state index in [4.69, 9.17) is 5.73 Å². The summed E-state index contributed by atoms with van der Waals surface area (Å²) >= 11 is 0. The van der Waals surface area contributed by atoms with Crippen LogP contribution in [0.5, 0.6) is 0 Å². The van der Waals surface area contributed by atoms with E-state index >= 15 is 0 Å². The molecule has 0 bridgehead atoms. The van der Waals surface area contributed by atoms with Crippen LogP contribution in [0.4, 0.5) is 5.82 Å². The Kier molecular flexibility index (Phi) is 2.40. The van der Waals surface area contributed by atoms with Gasteiger partial charge in [0.25, 0.3) is 0 Å². The van der Waals surface area contributed by atoms with Gasteiger partial charge in [0.05, 0.1) is 11.4 Å². The largest absolute Gasteiger partial charge is 0.384 e. The standard InChI is InChI=1S/C11H14N4O/c1-11(2,16)9-7-8(3-5-13-9)15-6-4-10(12)14-15/h3-7,16H,1-2H3,(H2,12,14). The Hall–Kier alpha value is -1.88. The Morgan fingerprint density at radius 3 is 2.69 bits per heavy atom. The topological polar surface area (TPSA) is 77.0 Å². The lowest BCUT2D eigenvalue weighted by Crippen LogP contribution is -2.17. The van der Waals surface area contributed by atoms with Gasteiger partial charge in [-0.1, -0.05) is 0 Å². The third kappa shape index (κ3) is 2.04. The van der Waals surface area contributed by atoms with Crippen LogP contribution in [0.25, 0.3) is 5.69 Å². The third-order valence-electron chi connectivity index (χ3n) is 2.24. The summed E-state index contributed by atoms with van der Waals surface area (Å²) in [6, 6.07) is 5.30. The highest BCUT2D eigenvalue weighted by molar-refractivity contribution is 5.36. The molecule has 0 aliphatic rings. The van der Waals surface area contributed by atoms with Crippen molar-refractivity contribution in [3.63, 3.8) is 0 Å². The van der Waals surface area contributed by atoms with E-state index in [1.54, 1.807) is 43.1 Å². The number of hydrogen-bond donors (Lipinski definition) is 2. The van der Waals surface area contributed by atoms with Crippen molar-refractivity contribution < 1.29 is 5.11 Å². The second-order valence-electron chi connectivity index (χ2n) is 4.14. The molecule has 16 heavy (non-hydrogen) atoms. The molecule has 0 aromatic carbocycles. The SMILES string of the molecule is CC(C)(O)c1cc(-n2ccc(N)n2)ccn1. The summed E-state index contributed by atoms with van der Waals surface area (Å²) in [5.74, 6) is 0.460. The fourth-order valence-corrected chi connectivity index (χ4v) is 1.38. The molecule has 5 nitrogen and oxygen atoms in total. The first kappa shape index (κ1) is 10.6. The monoisotopic (exact) mass is 218 g/mol. The molecule has 84 valence electrons. The van der Waals surface area contributed by atoms with Gasteiger partial charge in [-0.15, -0.1) is 0 Å². The Morgan fingerprint density at radius 1 is 1.38 bits per heavy atom. The van der Waals surface area contributed by atoms with E-state index in [0.29, 0.717) is 11.5 Å². The van der Waals surface area contributed by atoms with Crippen LogP contribution in [0.1, 0.15) is 19.5 Å². The van der Waals surface area contributed by atoms with Crippen molar-refractivity contribution in [3.05, 3.63) is 36.3 Å². The van der Waals surface area contributed by atoms with Gasteiger partial charge in [0, 0.05) is 18.5 Å². The number of nitrogens with two attached hydrogens (primary N) is 1. The molecular formula is C11H14N4O. The number of hydrogen-bond acceptors (Lipinski definition) is 4. The highest BCUT2D eigenvalue weighted by atomic mass is 16.3. The van der Waals surface area contributed by atoms with E-state index in [0.717, 1.165) is 5.69 Å². The third-order valence-corrected chi connectivity index (χ3v) is 2.24. The Bertz CT molecular complexity index is 499. The van der Waals surface area contributed by atoms with E-state index in [1.165, 1.54) is 0 Å². The molecule has 0 aliphatic carbocycles. The lowest BCUT2D eigenvalue weighted by Gasteiger charge is -2.16. The van der Waals surface area contributed by atoms with E-state index in [1.807, 2.05) is 6.07 Å². The number of rotatable bonds is 2. The Labute approximate surface area is 93.5 Å². The van der Waals surface area contributed by atoms with Gasteiger partial charge in [-0.2, -0.15) is 5.10 Å². The number of pyridine rings is 1. The summed E-state index contributed by atoms with van der Waals surface area (Å²) in [4.78, 5) is 4.12. The molecule has 2 aromatic heterocycles. The van der Waals surface area contributed by atoms with Crippen LogP contribution in [0.2, 0.25) is 0 Å². The summed E-state index contributed by atoms with van der Waals surface area (Å²) in [6.07, 6.45) is 3.40. The number of aliphatic hydroxyl groups is 1.